The van der Waals surface area contributed by atoms with E-state index in [1.165, 1.54) is 0 Å². The molecule has 0 bridgehead atoms. The molecular weight excluding hydrogens is 264 g/mol. The van der Waals surface area contributed by atoms with Gasteiger partial charge in [0.2, 0.25) is 0 Å². The predicted molar refractivity (Wildman–Crippen MR) is 72.7 cm³/mol. The molecule has 1 aliphatic heterocycles. The van der Waals surface area contributed by atoms with Crippen LogP contribution in [0.1, 0.15) is 5.82 Å². The minimum absolute atomic E-state index is 0.0535. The van der Waals surface area contributed by atoms with Gasteiger partial charge in [0.15, 0.2) is 9.84 Å². The van der Waals surface area contributed by atoms with Crippen molar-refractivity contribution < 1.29 is 8.42 Å². The van der Waals surface area contributed by atoms with E-state index >= 15 is 0 Å². The van der Waals surface area contributed by atoms with Gasteiger partial charge in [0.25, 0.3) is 0 Å². The quantitative estimate of drug-likeness (QED) is 0.831. The van der Waals surface area contributed by atoms with Crippen molar-refractivity contribution in [3.8, 4) is 0 Å². The number of hydrogen-bond donors (Lipinski definition) is 1. The molecule has 0 amide bonds. The molecule has 1 atom stereocenters. The van der Waals surface area contributed by atoms with Crippen LogP contribution >= 0.6 is 0 Å². The maximum absolute atomic E-state index is 11.6. The van der Waals surface area contributed by atoms with E-state index in [0.29, 0.717) is 13.0 Å². The molecule has 19 heavy (non-hydrogen) atoms. The molecule has 102 valence electrons. The van der Waals surface area contributed by atoms with Gasteiger partial charge in [0.1, 0.15) is 5.82 Å². The van der Waals surface area contributed by atoms with E-state index in [-0.39, 0.29) is 17.5 Å². The average Bonchev–Trinajstić information content (AvgIpc) is 2.66. The Morgan fingerprint density at radius 2 is 2.37 bits per heavy atom. The summed E-state index contributed by atoms with van der Waals surface area (Å²) in [4.78, 5) is 8.63. The Hall–Kier alpha value is -1.47. The molecule has 0 saturated carbocycles. The average molecular weight is 280 g/mol. The summed E-state index contributed by atoms with van der Waals surface area (Å²) in [6.45, 7) is 0.526. The molecule has 1 aliphatic rings. The van der Waals surface area contributed by atoms with Gasteiger partial charge in [-0.2, -0.15) is 0 Å². The second-order valence-electron chi connectivity index (χ2n) is 4.92. The van der Waals surface area contributed by atoms with Crippen LogP contribution in [0.5, 0.6) is 0 Å². The Kier molecular flexibility index (Phi) is 3.02. The highest BCUT2D eigenvalue weighted by Crippen LogP contribution is 2.15. The van der Waals surface area contributed by atoms with Crippen LogP contribution in [0, 0.1) is 0 Å². The third-order valence-corrected chi connectivity index (χ3v) is 5.24. The maximum atomic E-state index is 11.6. The Balaban J connectivity index is 1.87. The van der Waals surface area contributed by atoms with Gasteiger partial charge in [-0.05, 0) is 6.07 Å². The zero-order chi connectivity index (χ0) is 13.5. The number of pyridine rings is 1. The molecule has 2 aromatic rings. The Morgan fingerprint density at radius 3 is 3.11 bits per heavy atom. The lowest BCUT2D eigenvalue weighted by Gasteiger charge is -2.23. The van der Waals surface area contributed by atoms with Gasteiger partial charge in [0, 0.05) is 32.3 Å². The van der Waals surface area contributed by atoms with Crippen LogP contribution in [-0.2, 0) is 23.3 Å². The fraction of sp³-hybridized carbons (Fsp3) is 0.500. The Labute approximate surface area is 111 Å². The fourth-order valence-electron chi connectivity index (χ4n) is 2.49. The molecule has 1 saturated heterocycles. The summed E-state index contributed by atoms with van der Waals surface area (Å²) >= 11 is 0. The normalized spacial score (nSPS) is 22.7. The zero-order valence-electron chi connectivity index (χ0n) is 10.7. The van der Waals surface area contributed by atoms with Crippen LogP contribution in [-0.4, -0.2) is 47.0 Å². The van der Waals surface area contributed by atoms with Gasteiger partial charge in [-0.15, -0.1) is 0 Å². The molecule has 7 heteroatoms. The first kappa shape index (κ1) is 12.6. The second-order valence-corrected chi connectivity index (χ2v) is 7.15. The zero-order valence-corrected chi connectivity index (χ0v) is 11.5. The standard InChI is InChI=1S/C12H16N4O2S/c1-16-11-7-13-3-2-10(11)15-12(16)6-9-8-19(17,18)5-4-14-9/h2-3,7,9,14H,4-6,8H2,1H3. The van der Waals surface area contributed by atoms with Gasteiger partial charge in [-0.25, -0.2) is 13.4 Å². The summed E-state index contributed by atoms with van der Waals surface area (Å²) < 4.78 is 25.2. The molecule has 3 heterocycles. The van der Waals surface area contributed by atoms with Crippen molar-refractivity contribution in [1.82, 2.24) is 19.9 Å². The first-order valence-electron chi connectivity index (χ1n) is 6.24. The number of fused-ring (bicyclic) bond motifs is 1. The Morgan fingerprint density at radius 1 is 1.53 bits per heavy atom. The smallest absolute Gasteiger partial charge is 0.153 e. The molecule has 0 aliphatic carbocycles. The third-order valence-electron chi connectivity index (χ3n) is 3.51. The lowest BCUT2D eigenvalue weighted by molar-refractivity contribution is 0.505. The number of sulfone groups is 1. The largest absolute Gasteiger partial charge is 0.330 e. The molecule has 1 N–H and O–H groups in total. The van der Waals surface area contributed by atoms with Crippen molar-refractivity contribution in [2.24, 2.45) is 7.05 Å². The van der Waals surface area contributed by atoms with Gasteiger partial charge in [0.05, 0.1) is 28.7 Å². The number of imidazole rings is 1. The topological polar surface area (TPSA) is 76.9 Å². The lowest BCUT2D eigenvalue weighted by Crippen LogP contribution is -2.46. The predicted octanol–water partition coefficient (Wildman–Crippen LogP) is -0.103. The van der Waals surface area contributed by atoms with Crippen LogP contribution in [0.3, 0.4) is 0 Å². The maximum Gasteiger partial charge on any atom is 0.153 e. The molecule has 0 radical (unpaired) electrons. The minimum Gasteiger partial charge on any atom is -0.330 e. The van der Waals surface area contributed by atoms with E-state index < -0.39 is 9.84 Å². The van der Waals surface area contributed by atoms with Crippen LogP contribution in [0.25, 0.3) is 11.0 Å². The molecule has 1 unspecified atom stereocenters. The molecule has 1 fully saturated rings. The summed E-state index contributed by atoms with van der Waals surface area (Å²) in [6.07, 6.45) is 4.10. The highest BCUT2D eigenvalue weighted by atomic mass is 32.2. The summed E-state index contributed by atoms with van der Waals surface area (Å²) in [5.41, 5.74) is 1.86. The van der Waals surface area contributed by atoms with Crippen molar-refractivity contribution in [3.05, 3.63) is 24.3 Å². The number of hydrogen-bond acceptors (Lipinski definition) is 5. The van der Waals surface area contributed by atoms with E-state index in [4.69, 9.17) is 0 Å². The van der Waals surface area contributed by atoms with Gasteiger partial charge < -0.3 is 9.88 Å². The molecule has 3 rings (SSSR count). The number of aryl methyl sites for hydroxylation is 1. The molecule has 0 aromatic carbocycles. The first-order chi connectivity index (χ1) is 9.05. The van der Waals surface area contributed by atoms with E-state index in [1.54, 1.807) is 12.4 Å². The monoisotopic (exact) mass is 280 g/mol. The van der Waals surface area contributed by atoms with E-state index in [9.17, 15) is 8.42 Å². The van der Waals surface area contributed by atoms with Gasteiger partial charge >= 0.3 is 0 Å². The molecular formula is C12H16N4O2S. The SMILES string of the molecule is Cn1c(CC2CS(=O)(=O)CCN2)nc2ccncc21. The van der Waals surface area contributed by atoms with Crippen molar-refractivity contribution in [2.75, 3.05) is 18.1 Å². The Bertz CT molecular complexity index is 708. The molecule has 2 aromatic heterocycles. The number of nitrogens with one attached hydrogen (secondary N) is 1. The summed E-state index contributed by atoms with van der Waals surface area (Å²) in [7, 11) is -0.973. The van der Waals surface area contributed by atoms with Crippen molar-refractivity contribution in [3.63, 3.8) is 0 Å². The molecule has 6 nitrogen and oxygen atoms in total. The van der Waals surface area contributed by atoms with Crippen molar-refractivity contribution in [2.45, 2.75) is 12.5 Å². The number of nitrogens with zero attached hydrogens (tertiary/aromatic N) is 3. The number of rotatable bonds is 2. The highest BCUT2D eigenvalue weighted by molar-refractivity contribution is 7.91. The van der Waals surface area contributed by atoms with Crippen molar-refractivity contribution in [1.29, 1.82) is 0 Å². The summed E-state index contributed by atoms with van der Waals surface area (Å²) in [5, 5.41) is 3.25. The van der Waals surface area contributed by atoms with Gasteiger partial charge in [-0.3, -0.25) is 4.98 Å². The molecule has 0 spiro atoms. The highest BCUT2D eigenvalue weighted by Gasteiger charge is 2.25. The van der Waals surface area contributed by atoms with E-state index in [0.717, 1.165) is 16.9 Å². The lowest BCUT2D eigenvalue weighted by atomic mass is 10.2. The summed E-state index contributed by atoms with van der Waals surface area (Å²) in [6, 6.07) is 1.81. The second kappa shape index (κ2) is 4.57. The van der Waals surface area contributed by atoms with Crippen LogP contribution < -0.4 is 5.32 Å². The van der Waals surface area contributed by atoms with Crippen LogP contribution in [0.4, 0.5) is 0 Å². The van der Waals surface area contributed by atoms with E-state index in [2.05, 4.69) is 15.3 Å². The fourth-order valence-corrected chi connectivity index (χ4v) is 3.93. The van der Waals surface area contributed by atoms with Gasteiger partial charge in [-0.1, -0.05) is 0 Å². The van der Waals surface area contributed by atoms with Crippen LogP contribution in [0.2, 0.25) is 0 Å². The first-order valence-corrected chi connectivity index (χ1v) is 8.06. The number of aromatic nitrogens is 3. The minimum atomic E-state index is -2.91. The van der Waals surface area contributed by atoms with Crippen molar-refractivity contribution >= 4 is 20.9 Å². The van der Waals surface area contributed by atoms with Crippen LogP contribution in [0.15, 0.2) is 18.5 Å². The summed E-state index contributed by atoms with van der Waals surface area (Å²) in [5.74, 6) is 1.31. The van der Waals surface area contributed by atoms with E-state index in [1.807, 2.05) is 17.7 Å². The third kappa shape index (κ3) is 2.48.